The lowest BCUT2D eigenvalue weighted by Gasteiger charge is -2.33. The van der Waals surface area contributed by atoms with Crippen LogP contribution in [-0.2, 0) is 4.74 Å². The quantitative estimate of drug-likeness (QED) is 0.507. The van der Waals surface area contributed by atoms with Crippen molar-refractivity contribution in [3.05, 3.63) is 41.3 Å². The molecule has 0 radical (unpaired) electrons. The van der Waals surface area contributed by atoms with Gasteiger partial charge in [-0.3, -0.25) is 10.1 Å². The van der Waals surface area contributed by atoms with Crippen LogP contribution in [0.1, 0.15) is 55.5 Å². The van der Waals surface area contributed by atoms with Crippen molar-refractivity contribution >= 4 is 29.2 Å². The zero-order chi connectivity index (χ0) is 26.8. The normalized spacial score (nSPS) is 14.9. The SMILES string of the molecule is CC(C)(C)OC(=O)Nc1cc(OC(F)(F)F)ccc1C(=O)N1CCC(c2c(F)cnc(N)c2N)CC1. The maximum Gasteiger partial charge on any atom is 0.573 e. The number of hydrogen-bond donors (Lipinski definition) is 3. The number of nitrogens with zero attached hydrogens (tertiary/aromatic N) is 2. The number of likely N-dealkylation sites (tertiary alicyclic amines) is 1. The number of pyridine rings is 1. The van der Waals surface area contributed by atoms with E-state index in [0.717, 1.165) is 24.4 Å². The van der Waals surface area contributed by atoms with Crippen LogP contribution in [0, 0.1) is 5.82 Å². The molecule has 1 aromatic carbocycles. The predicted octanol–water partition coefficient (Wildman–Crippen LogP) is 4.65. The molecule has 1 saturated heterocycles. The number of nitrogen functional groups attached to an aromatic ring is 2. The number of halogens is 4. The van der Waals surface area contributed by atoms with Gasteiger partial charge in [0.25, 0.3) is 5.91 Å². The van der Waals surface area contributed by atoms with Crippen molar-refractivity contribution in [1.82, 2.24) is 9.88 Å². The number of rotatable bonds is 4. The molecule has 3 rings (SSSR count). The van der Waals surface area contributed by atoms with Crippen molar-refractivity contribution in [2.75, 3.05) is 29.9 Å². The first-order valence-corrected chi connectivity index (χ1v) is 11.0. The minimum Gasteiger partial charge on any atom is -0.444 e. The summed E-state index contributed by atoms with van der Waals surface area (Å²) in [4.78, 5) is 30.7. The average molecular weight is 513 g/mol. The van der Waals surface area contributed by atoms with Crippen molar-refractivity contribution < 1.29 is 36.6 Å². The fraction of sp³-hybridized carbons (Fsp3) is 0.435. The molecule has 196 valence electrons. The Labute approximate surface area is 204 Å². The number of carbonyl (C=O) groups excluding carboxylic acids is 2. The number of nitrogens with one attached hydrogen (secondary N) is 1. The van der Waals surface area contributed by atoms with Crippen LogP contribution in [0.25, 0.3) is 0 Å². The maximum atomic E-state index is 14.4. The van der Waals surface area contributed by atoms with Crippen LogP contribution in [-0.4, -0.2) is 46.9 Å². The second-order valence-electron chi connectivity index (χ2n) is 9.27. The number of carbonyl (C=O) groups is 2. The molecule has 13 heteroatoms. The molecule has 5 N–H and O–H groups in total. The number of benzene rings is 1. The van der Waals surface area contributed by atoms with E-state index in [1.807, 2.05) is 0 Å². The minimum atomic E-state index is -4.97. The number of aromatic nitrogens is 1. The molecular weight excluding hydrogens is 486 g/mol. The summed E-state index contributed by atoms with van der Waals surface area (Å²) in [7, 11) is 0. The number of hydrogen-bond acceptors (Lipinski definition) is 7. The number of alkyl halides is 3. The molecule has 0 atom stereocenters. The summed E-state index contributed by atoms with van der Waals surface area (Å²) in [6.07, 6.45) is -4.21. The highest BCUT2D eigenvalue weighted by Crippen LogP contribution is 2.36. The third-order valence-corrected chi connectivity index (χ3v) is 5.42. The first kappa shape index (κ1) is 26.8. The van der Waals surface area contributed by atoms with Crippen LogP contribution in [0.15, 0.2) is 24.4 Å². The van der Waals surface area contributed by atoms with E-state index in [0.29, 0.717) is 12.8 Å². The number of nitrogens with two attached hydrogens (primary N) is 2. The molecule has 2 heterocycles. The van der Waals surface area contributed by atoms with E-state index in [9.17, 15) is 27.2 Å². The Hall–Kier alpha value is -3.77. The van der Waals surface area contributed by atoms with Gasteiger partial charge in [-0.15, -0.1) is 13.2 Å². The average Bonchev–Trinajstić information content (AvgIpc) is 2.74. The van der Waals surface area contributed by atoms with Gasteiger partial charge in [-0.2, -0.15) is 0 Å². The molecule has 0 unspecified atom stereocenters. The third-order valence-electron chi connectivity index (χ3n) is 5.42. The van der Waals surface area contributed by atoms with Crippen LogP contribution < -0.4 is 21.5 Å². The predicted molar refractivity (Wildman–Crippen MR) is 124 cm³/mol. The highest BCUT2D eigenvalue weighted by molar-refractivity contribution is 6.03. The molecule has 1 fully saturated rings. The fourth-order valence-electron chi connectivity index (χ4n) is 3.91. The van der Waals surface area contributed by atoms with Gasteiger partial charge in [0, 0.05) is 24.7 Å². The Morgan fingerprint density at radius 2 is 1.78 bits per heavy atom. The molecule has 0 aliphatic carbocycles. The summed E-state index contributed by atoms with van der Waals surface area (Å²) in [6.45, 7) is 5.24. The highest BCUT2D eigenvalue weighted by atomic mass is 19.4. The van der Waals surface area contributed by atoms with Crippen LogP contribution in [0.2, 0.25) is 0 Å². The molecule has 2 aromatic rings. The lowest BCUT2D eigenvalue weighted by Crippen LogP contribution is -2.38. The van der Waals surface area contributed by atoms with Crippen molar-refractivity contribution in [2.45, 2.75) is 51.5 Å². The van der Waals surface area contributed by atoms with Gasteiger partial charge in [0.15, 0.2) is 0 Å². The van der Waals surface area contributed by atoms with Gasteiger partial charge in [-0.05, 0) is 51.7 Å². The van der Waals surface area contributed by atoms with Crippen molar-refractivity contribution in [3.8, 4) is 5.75 Å². The van der Waals surface area contributed by atoms with E-state index in [-0.39, 0.29) is 47.3 Å². The fourth-order valence-corrected chi connectivity index (χ4v) is 3.91. The summed E-state index contributed by atoms with van der Waals surface area (Å²) in [5.74, 6) is -2.04. The van der Waals surface area contributed by atoms with Gasteiger partial charge in [0.2, 0.25) is 0 Å². The smallest absolute Gasteiger partial charge is 0.444 e. The Balaban J connectivity index is 1.81. The molecule has 1 aromatic heterocycles. The van der Waals surface area contributed by atoms with Crippen LogP contribution in [0.4, 0.5) is 39.5 Å². The number of anilines is 3. The summed E-state index contributed by atoms with van der Waals surface area (Å²) in [5, 5.41) is 2.33. The van der Waals surface area contributed by atoms with Gasteiger partial charge in [-0.1, -0.05) is 0 Å². The number of amides is 2. The van der Waals surface area contributed by atoms with E-state index in [1.165, 1.54) is 4.90 Å². The second kappa shape index (κ2) is 10.1. The Morgan fingerprint density at radius 1 is 1.14 bits per heavy atom. The monoisotopic (exact) mass is 513 g/mol. The number of ether oxygens (including phenoxy) is 2. The van der Waals surface area contributed by atoms with Crippen molar-refractivity contribution in [2.24, 2.45) is 0 Å². The minimum absolute atomic E-state index is 0.0175. The highest BCUT2D eigenvalue weighted by Gasteiger charge is 2.33. The molecule has 0 saturated carbocycles. The first-order valence-electron chi connectivity index (χ1n) is 11.0. The van der Waals surface area contributed by atoms with Crippen LogP contribution in [0.3, 0.4) is 0 Å². The molecule has 36 heavy (non-hydrogen) atoms. The third kappa shape index (κ3) is 6.67. The van der Waals surface area contributed by atoms with E-state index < -0.39 is 35.5 Å². The van der Waals surface area contributed by atoms with E-state index >= 15 is 0 Å². The Kier molecular flexibility index (Phi) is 7.51. The molecule has 1 aliphatic heterocycles. The standard InChI is InChI=1S/C23H27F4N5O4/c1-22(2,3)36-21(34)31-16-10-13(35-23(25,26)27)4-5-14(16)20(33)32-8-6-12(7-9-32)17-15(24)11-30-19(29)18(17)28/h4-5,10-12H,6-9,28H2,1-3H3,(H2,29,30)(H,31,34). The summed E-state index contributed by atoms with van der Waals surface area (Å²) in [5.41, 5.74) is 10.8. The Morgan fingerprint density at radius 3 is 2.36 bits per heavy atom. The largest absolute Gasteiger partial charge is 0.573 e. The summed E-state index contributed by atoms with van der Waals surface area (Å²) >= 11 is 0. The van der Waals surface area contributed by atoms with Gasteiger partial charge < -0.3 is 25.8 Å². The van der Waals surface area contributed by atoms with Crippen LogP contribution >= 0.6 is 0 Å². The first-order chi connectivity index (χ1) is 16.6. The van der Waals surface area contributed by atoms with Crippen molar-refractivity contribution in [3.63, 3.8) is 0 Å². The molecular formula is C23H27F4N5O4. The van der Waals surface area contributed by atoms with Gasteiger partial charge in [-0.25, -0.2) is 14.2 Å². The number of piperidine rings is 1. The molecule has 1 aliphatic rings. The van der Waals surface area contributed by atoms with E-state index in [1.54, 1.807) is 20.8 Å². The van der Waals surface area contributed by atoms with Gasteiger partial charge in [0.1, 0.15) is 23.0 Å². The summed E-state index contributed by atoms with van der Waals surface area (Å²) in [6, 6.07) is 3.00. The van der Waals surface area contributed by atoms with E-state index in [2.05, 4.69) is 15.0 Å². The Bertz CT molecular complexity index is 1140. The molecule has 0 spiro atoms. The van der Waals surface area contributed by atoms with Crippen molar-refractivity contribution in [1.29, 1.82) is 0 Å². The second-order valence-corrected chi connectivity index (χ2v) is 9.27. The van der Waals surface area contributed by atoms with Gasteiger partial charge >= 0.3 is 12.5 Å². The van der Waals surface area contributed by atoms with Gasteiger partial charge in [0.05, 0.1) is 23.1 Å². The maximum absolute atomic E-state index is 14.4. The van der Waals surface area contributed by atoms with Crippen LogP contribution in [0.5, 0.6) is 5.75 Å². The molecule has 0 bridgehead atoms. The lowest BCUT2D eigenvalue weighted by molar-refractivity contribution is -0.274. The molecule has 2 amide bonds. The zero-order valence-corrected chi connectivity index (χ0v) is 19.9. The zero-order valence-electron chi connectivity index (χ0n) is 19.9. The van der Waals surface area contributed by atoms with E-state index in [4.69, 9.17) is 16.2 Å². The lowest BCUT2D eigenvalue weighted by atomic mass is 9.88. The topological polar surface area (TPSA) is 133 Å². The summed E-state index contributed by atoms with van der Waals surface area (Å²) < 4.78 is 61.6. The molecule has 9 nitrogen and oxygen atoms in total.